The zero-order valence-corrected chi connectivity index (χ0v) is 11.2. The SMILES string of the molecule is CCC(CCO)NCc1c(C)nn(C)c1OC. The molecule has 98 valence electrons. The van der Waals surface area contributed by atoms with Gasteiger partial charge >= 0.3 is 0 Å². The van der Waals surface area contributed by atoms with Crippen LogP contribution < -0.4 is 10.1 Å². The van der Waals surface area contributed by atoms with Gasteiger partial charge in [-0.3, -0.25) is 0 Å². The van der Waals surface area contributed by atoms with Crippen molar-refractivity contribution in [2.24, 2.45) is 7.05 Å². The fourth-order valence-corrected chi connectivity index (χ4v) is 1.99. The van der Waals surface area contributed by atoms with Gasteiger partial charge < -0.3 is 15.2 Å². The van der Waals surface area contributed by atoms with Gasteiger partial charge in [-0.2, -0.15) is 5.10 Å². The molecule has 0 aliphatic heterocycles. The Morgan fingerprint density at radius 2 is 2.24 bits per heavy atom. The molecule has 0 bridgehead atoms. The lowest BCUT2D eigenvalue weighted by Gasteiger charge is -2.15. The van der Waals surface area contributed by atoms with Gasteiger partial charge in [-0.05, 0) is 19.8 Å². The molecular weight excluding hydrogens is 218 g/mol. The van der Waals surface area contributed by atoms with Gasteiger partial charge in [0, 0.05) is 26.2 Å². The average Bonchev–Trinajstić information content (AvgIpc) is 2.58. The molecule has 0 saturated carbocycles. The molecule has 5 nitrogen and oxygen atoms in total. The van der Waals surface area contributed by atoms with Crippen molar-refractivity contribution < 1.29 is 9.84 Å². The Kier molecular flexibility index (Phi) is 5.44. The van der Waals surface area contributed by atoms with Gasteiger partial charge in [0.15, 0.2) is 0 Å². The topological polar surface area (TPSA) is 59.3 Å². The molecule has 0 saturated heterocycles. The maximum Gasteiger partial charge on any atom is 0.216 e. The van der Waals surface area contributed by atoms with E-state index in [4.69, 9.17) is 9.84 Å². The zero-order chi connectivity index (χ0) is 12.8. The largest absolute Gasteiger partial charge is 0.481 e. The third-order valence-electron chi connectivity index (χ3n) is 3.02. The van der Waals surface area contributed by atoms with E-state index < -0.39 is 0 Å². The molecule has 1 aromatic heterocycles. The summed E-state index contributed by atoms with van der Waals surface area (Å²) in [5.41, 5.74) is 2.07. The van der Waals surface area contributed by atoms with Crippen molar-refractivity contribution in [3.05, 3.63) is 11.3 Å². The first-order valence-corrected chi connectivity index (χ1v) is 6.04. The van der Waals surface area contributed by atoms with E-state index in [2.05, 4.69) is 17.3 Å². The van der Waals surface area contributed by atoms with Gasteiger partial charge in [-0.1, -0.05) is 6.92 Å². The van der Waals surface area contributed by atoms with Crippen LogP contribution >= 0.6 is 0 Å². The summed E-state index contributed by atoms with van der Waals surface area (Å²) in [6.07, 6.45) is 1.78. The number of nitrogens with zero attached hydrogens (tertiary/aromatic N) is 2. The summed E-state index contributed by atoms with van der Waals surface area (Å²) in [7, 11) is 3.53. The van der Waals surface area contributed by atoms with Gasteiger partial charge in [0.2, 0.25) is 5.88 Å². The van der Waals surface area contributed by atoms with Gasteiger partial charge in [-0.25, -0.2) is 4.68 Å². The van der Waals surface area contributed by atoms with Crippen LogP contribution in [0.3, 0.4) is 0 Å². The van der Waals surface area contributed by atoms with Crippen molar-refractivity contribution in [2.75, 3.05) is 13.7 Å². The van der Waals surface area contributed by atoms with E-state index in [1.54, 1.807) is 11.8 Å². The summed E-state index contributed by atoms with van der Waals surface area (Å²) in [6, 6.07) is 0.337. The van der Waals surface area contributed by atoms with Crippen LogP contribution in [0.4, 0.5) is 0 Å². The lowest BCUT2D eigenvalue weighted by Crippen LogP contribution is -2.29. The molecule has 2 N–H and O–H groups in total. The Hall–Kier alpha value is -1.07. The Morgan fingerprint density at radius 3 is 2.76 bits per heavy atom. The molecule has 0 aliphatic rings. The number of nitrogens with one attached hydrogen (secondary N) is 1. The van der Waals surface area contributed by atoms with Crippen LogP contribution in [0.1, 0.15) is 31.0 Å². The third-order valence-corrected chi connectivity index (χ3v) is 3.02. The van der Waals surface area contributed by atoms with Crippen molar-refractivity contribution >= 4 is 0 Å². The normalized spacial score (nSPS) is 12.8. The minimum atomic E-state index is 0.217. The minimum Gasteiger partial charge on any atom is -0.481 e. The highest BCUT2D eigenvalue weighted by Crippen LogP contribution is 2.20. The zero-order valence-electron chi connectivity index (χ0n) is 11.2. The van der Waals surface area contributed by atoms with Gasteiger partial charge in [0.1, 0.15) is 0 Å². The first-order chi connectivity index (χ1) is 8.13. The van der Waals surface area contributed by atoms with Crippen LogP contribution in [-0.4, -0.2) is 34.6 Å². The second-order valence-corrected chi connectivity index (χ2v) is 4.20. The average molecular weight is 241 g/mol. The monoisotopic (exact) mass is 241 g/mol. The van der Waals surface area contributed by atoms with E-state index in [9.17, 15) is 0 Å². The number of methoxy groups -OCH3 is 1. The fraction of sp³-hybridized carbons (Fsp3) is 0.750. The van der Waals surface area contributed by atoms with E-state index >= 15 is 0 Å². The van der Waals surface area contributed by atoms with Crippen molar-refractivity contribution in [3.63, 3.8) is 0 Å². The smallest absolute Gasteiger partial charge is 0.216 e. The summed E-state index contributed by atoms with van der Waals surface area (Å²) in [5.74, 6) is 0.800. The summed E-state index contributed by atoms with van der Waals surface area (Å²) >= 11 is 0. The Labute approximate surface area is 103 Å². The summed E-state index contributed by atoms with van der Waals surface area (Å²) in [5, 5.41) is 16.7. The highest BCUT2D eigenvalue weighted by atomic mass is 16.5. The third kappa shape index (κ3) is 3.44. The fourth-order valence-electron chi connectivity index (χ4n) is 1.99. The number of aliphatic hydroxyl groups is 1. The van der Waals surface area contributed by atoms with E-state index in [1.165, 1.54) is 0 Å². The number of hydrogen-bond donors (Lipinski definition) is 2. The predicted molar refractivity (Wildman–Crippen MR) is 67.1 cm³/mol. The number of aryl methyl sites for hydroxylation is 2. The van der Waals surface area contributed by atoms with Gasteiger partial charge in [0.05, 0.1) is 18.4 Å². The second kappa shape index (κ2) is 6.61. The van der Waals surface area contributed by atoms with Crippen LogP contribution in [0, 0.1) is 6.92 Å². The number of hydrogen-bond acceptors (Lipinski definition) is 4. The van der Waals surface area contributed by atoms with Crippen LogP contribution in [0.5, 0.6) is 5.88 Å². The van der Waals surface area contributed by atoms with Gasteiger partial charge in [0.25, 0.3) is 0 Å². The molecule has 0 aliphatic carbocycles. The van der Waals surface area contributed by atoms with Crippen molar-refractivity contribution in [1.82, 2.24) is 15.1 Å². The minimum absolute atomic E-state index is 0.217. The molecule has 17 heavy (non-hydrogen) atoms. The Balaban J connectivity index is 2.67. The maximum absolute atomic E-state index is 8.94. The predicted octanol–water partition coefficient (Wildman–Crippen LogP) is 0.988. The molecule has 1 rings (SSSR count). The molecule has 1 unspecified atom stereocenters. The number of aromatic nitrogens is 2. The second-order valence-electron chi connectivity index (χ2n) is 4.20. The number of ether oxygens (including phenoxy) is 1. The van der Waals surface area contributed by atoms with Gasteiger partial charge in [-0.15, -0.1) is 0 Å². The first-order valence-electron chi connectivity index (χ1n) is 6.04. The van der Waals surface area contributed by atoms with E-state index in [1.807, 2.05) is 14.0 Å². The van der Waals surface area contributed by atoms with Crippen LogP contribution in [0.25, 0.3) is 0 Å². The highest BCUT2D eigenvalue weighted by molar-refractivity contribution is 5.30. The summed E-state index contributed by atoms with van der Waals surface area (Å²) < 4.78 is 7.08. The first kappa shape index (κ1) is 14.0. The van der Waals surface area contributed by atoms with Crippen molar-refractivity contribution in [2.45, 2.75) is 39.3 Å². The lowest BCUT2D eigenvalue weighted by atomic mass is 10.1. The summed E-state index contributed by atoms with van der Waals surface area (Å²) in [4.78, 5) is 0. The summed E-state index contributed by atoms with van der Waals surface area (Å²) in [6.45, 7) is 5.03. The number of aliphatic hydroxyl groups excluding tert-OH is 1. The molecule has 5 heteroatoms. The van der Waals surface area contributed by atoms with Crippen LogP contribution in [0.15, 0.2) is 0 Å². The molecular formula is C12H23N3O2. The number of rotatable bonds is 7. The molecule has 1 heterocycles. The van der Waals surface area contributed by atoms with Crippen LogP contribution in [0.2, 0.25) is 0 Å². The quantitative estimate of drug-likeness (QED) is 0.747. The standard InChI is InChI=1S/C12H23N3O2/c1-5-10(6-7-16)13-8-11-9(2)14-15(3)12(11)17-4/h10,13,16H,5-8H2,1-4H3. The molecule has 0 spiro atoms. The molecule has 0 amide bonds. The van der Waals surface area contributed by atoms with Crippen molar-refractivity contribution in [1.29, 1.82) is 0 Å². The molecule has 1 aromatic rings. The van der Waals surface area contributed by atoms with E-state index in [0.717, 1.165) is 36.5 Å². The Morgan fingerprint density at radius 1 is 1.53 bits per heavy atom. The Bertz CT molecular complexity index is 350. The van der Waals surface area contributed by atoms with Crippen LogP contribution in [-0.2, 0) is 13.6 Å². The van der Waals surface area contributed by atoms with E-state index in [-0.39, 0.29) is 6.61 Å². The molecule has 0 fully saturated rings. The van der Waals surface area contributed by atoms with Crippen molar-refractivity contribution in [3.8, 4) is 5.88 Å². The molecule has 0 aromatic carbocycles. The highest BCUT2D eigenvalue weighted by Gasteiger charge is 2.14. The lowest BCUT2D eigenvalue weighted by molar-refractivity contribution is 0.261. The molecule has 0 radical (unpaired) electrons. The maximum atomic E-state index is 8.94. The van der Waals surface area contributed by atoms with E-state index in [0.29, 0.717) is 6.04 Å². The molecule has 1 atom stereocenters.